The number of ketones is 1. The van der Waals surface area contributed by atoms with E-state index in [0.29, 0.717) is 22.3 Å². The molecule has 0 spiro atoms. The first-order valence-corrected chi connectivity index (χ1v) is 9.24. The lowest BCUT2D eigenvalue weighted by Crippen LogP contribution is -2.03. The van der Waals surface area contributed by atoms with Crippen LogP contribution in [0.1, 0.15) is 15.9 Å². The van der Waals surface area contributed by atoms with Crippen molar-refractivity contribution in [2.75, 3.05) is 0 Å². The Bertz CT molecular complexity index is 1130. The molecule has 0 heterocycles. The van der Waals surface area contributed by atoms with Crippen molar-refractivity contribution in [2.24, 2.45) is 0 Å². The molecule has 0 amide bonds. The lowest BCUT2D eigenvalue weighted by Gasteiger charge is -2.13. The van der Waals surface area contributed by atoms with Crippen LogP contribution in [-0.4, -0.2) is 26.2 Å². The molecule has 0 aliphatic rings. The first-order chi connectivity index (χ1) is 14.5. The van der Waals surface area contributed by atoms with Crippen molar-refractivity contribution in [2.45, 2.75) is 0 Å². The van der Waals surface area contributed by atoms with Crippen LogP contribution in [0.3, 0.4) is 0 Å². The lowest BCUT2D eigenvalue weighted by molar-refractivity contribution is 0.103. The topological polar surface area (TPSA) is 98.0 Å². The van der Waals surface area contributed by atoms with Crippen molar-refractivity contribution in [3.8, 4) is 45.3 Å². The van der Waals surface area contributed by atoms with Gasteiger partial charge in [0.2, 0.25) is 5.78 Å². The Hall–Kier alpha value is -4.25. The fraction of sp³-hybridized carbons (Fsp3) is 0. The molecular formula is C25H18O5. The van der Waals surface area contributed by atoms with Gasteiger partial charge in [0, 0.05) is 11.1 Å². The van der Waals surface area contributed by atoms with Gasteiger partial charge < -0.3 is 20.4 Å². The van der Waals surface area contributed by atoms with Gasteiger partial charge in [-0.15, -0.1) is 0 Å². The molecule has 0 aliphatic carbocycles. The van der Waals surface area contributed by atoms with Crippen molar-refractivity contribution in [1.29, 1.82) is 0 Å². The van der Waals surface area contributed by atoms with E-state index in [1.807, 2.05) is 12.1 Å². The number of hydrogen-bond donors (Lipinski definition) is 4. The van der Waals surface area contributed by atoms with E-state index in [1.54, 1.807) is 48.5 Å². The number of hydrogen-bond acceptors (Lipinski definition) is 5. The van der Waals surface area contributed by atoms with E-state index < -0.39 is 28.8 Å². The highest BCUT2D eigenvalue weighted by molar-refractivity contribution is 6.14. The first-order valence-electron chi connectivity index (χ1n) is 9.24. The number of rotatable bonds is 4. The van der Waals surface area contributed by atoms with Gasteiger partial charge in [-0.3, -0.25) is 4.79 Å². The Morgan fingerprint density at radius 3 is 1.20 bits per heavy atom. The van der Waals surface area contributed by atoms with Crippen molar-refractivity contribution < 1.29 is 25.2 Å². The van der Waals surface area contributed by atoms with E-state index in [0.717, 1.165) is 0 Å². The number of phenolic OH excluding ortho intramolecular Hbond substituents is 4. The van der Waals surface area contributed by atoms with Crippen molar-refractivity contribution in [3.05, 3.63) is 96.1 Å². The number of phenols is 4. The molecular weight excluding hydrogens is 380 g/mol. The maximum atomic E-state index is 12.9. The third kappa shape index (κ3) is 3.22. The molecule has 0 saturated heterocycles. The second kappa shape index (κ2) is 7.64. The van der Waals surface area contributed by atoms with E-state index in [9.17, 15) is 25.2 Å². The van der Waals surface area contributed by atoms with Gasteiger partial charge in [-0.05, 0) is 35.4 Å². The third-order valence-corrected chi connectivity index (χ3v) is 4.96. The van der Waals surface area contributed by atoms with Crippen molar-refractivity contribution in [1.82, 2.24) is 0 Å². The van der Waals surface area contributed by atoms with Gasteiger partial charge in [-0.1, -0.05) is 60.7 Å². The summed E-state index contributed by atoms with van der Waals surface area (Å²) >= 11 is 0. The molecule has 4 rings (SSSR count). The molecule has 0 aromatic heterocycles. The third-order valence-electron chi connectivity index (χ3n) is 4.96. The summed E-state index contributed by atoms with van der Waals surface area (Å²) < 4.78 is 0. The smallest absolute Gasteiger partial charge is 0.200 e. The van der Waals surface area contributed by atoms with Gasteiger partial charge in [-0.25, -0.2) is 0 Å². The van der Waals surface area contributed by atoms with E-state index in [4.69, 9.17) is 0 Å². The summed E-state index contributed by atoms with van der Waals surface area (Å²) in [6.45, 7) is 0. The molecule has 148 valence electrons. The molecule has 0 atom stereocenters. The highest BCUT2D eigenvalue weighted by Gasteiger charge is 2.24. The van der Waals surface area contributed by atoms with E-state index in [1.165, 1.54) is 24.3 Å². The monoisotopic (exact) mass is 398 g/mol. The Morgan fingerprint density at radius 2 is 0.833 bits per heavy atom. The van der Waals surface area contributed by atoms with Crippen molar-refractivity contribution in [3.63, 3.8) is 0 Å². The maximum Gasteiger partial charge on any atom is 0.200 e. The van der Waals surface area contributed by atoms with Crippen LogP contribution in [0.5, 0.6) is 23.0 Å². The maximum absolute atomic E-state index is 12.9. The Balaban J connectivity index is 1.75. The quantitative estimate of drug-likeness (QED) is 0.284. The zero-order valence-corrected chi connectivity index (χ0v) is 15.8. The van der Waals surface area contributed by atoms with Crippen LogP contribution in [0, 0.1) is 0 Å². The van der Waals surface area contributed by atoms with E-state index in [2.05, 4.69) is 0 Å². The second-order valence-corrected chi connectivity index (χ2v) is 6.78. The van der Waals surface area contributed by atoms with Crippen LogP contribution in [0.2, 0.25) is 0 Å². The molecule has 0 bridgehead atoms. The summed E-state index contributed by atoms with van der Waals surface area (Å²) in [5.74, 6) is -2.78. The van der Waals surface area contributed by atoms with Crippen molar-refractivity contribution >= 4 is 5.78 Å². The minimum Gasteiger partial charge on any atom is -0.504 e. The molecule has 5 nitrogen and oxygen atoms in total. The Labute approximate surface area is 172 Å². The number of carbonyl (C=O) groups is 1. The van der Waals surface area contributed by atoms with Gasteiger partial charge in [-0.2, -0.15) is 0 Å². The Morgan fingerprint density at radius 1 is 0.467 bits per heavy atom. The molecule has 0 radical (unpaired) electrons. The van der Waals surface area contributed by atoms with Crippen LogP contribution in [0.15, 0.2) is 84.9 Å². The first kappa shape index (κ1) is 19.1. The van der Waals surface area contributed by atoms with E-state index in [-0.39, 0.29) is 11.1 Å². The molecule has 0 fully saturated rings. The van der Waals surface area contributed by atoms with Gasteiger partial charge in [0.05, 0.1) is 11.1 Å². The molecule has 4 N–H and O–H groups in total. The highest BCUT2D eigenvalue weighted by Crippen LogP contribution is 2.43. The zero-order valence-electron chi connectivity index (χ0n) is 15.8. The highest BCUT2D eigenvalue weighted by atomic mass is 16.3. The summed E-state index contributed by atoms with van der Waals surface area (Å²) in [7, 11) is 0. The minimum atomic E-state index is -0.727. The largest absolute Gasteiger partial charge is 0.504 e. The molecule has 30 heavy (non-hydrogen) atoms. The molecule has 0 unspecified atom stereocenters. The van der Waals surface area contributed by atoms with Crippen LogP contribution < -0.4 is 0 Å². The summed E-state index contributed by atoms with van der Waals surface area (Å²) in [6.07, 6.45) is 0. The number of benzene rings is 4. The fourth-order valence-corrected chi connectivity index (χ4v) is 3.37. The van der Waals surface area contributed by atoms with Gasteiger partial charge in [0.15, 0.2) is 23.0 Å². The van der Waals surface area contributed by atoms with Crippen LogP contribution in [-0.2, 0) is 0 Å². The molecule has 0 aliphatic heterocycles. The number of carbonyl (C=O) groups excluding carboxylic acids is 1. The lowest BCUT2D eigenvalue weighted by atomic mass is 9.94. The van der Waals surface area contributed by atoms with Gasteiger partial charge in [0.25, 0.3) is 0 Å². The minimum absolute atomic E-state index is 0.186. The molecule has 5 heteroatoms. The molecule has 4 aromatic carbocycles. The fourth-order valence-electron chi connectivity index (χ4n) is 3.37. The predicted octanol–water partition coefficient (Wildman–Crippen LogP) is 5.07. The molecule has 0 saturated carbocycles. The molecule has 4 aromatic rings. The van der Waals surface area contributed by atoms with Crippen LogP contribution in [0.25, 0.3) is 22.3 Å². The Kier molecular flexibility index (Phi) is 4.86. The summed E-state index contributed by atoms with van der Waals surface area (Å²) in [6, 6.07) is 23.7. The van der Waals surface area contributed by atoms with Gasteiger partial charge in [0.1, 0.15) is 0 Å². The van der Waals surface area contributed by atoms with Crippen LogP contribution in [0.4, 0.5) is 0 Å². The standard InChI is InChI=1S/C25H18O5/c26-21(19-13-11-17(22(27)24(19)29)15-7-3-1-4-8-15)20-14-12-18(23(28)25(20)30)16-9-5-2-6-10-16/h1-14,27-30H. The summed E-state index contributed by atoms with van der Waals surface area (Å²) in [5.41, 5.74) is 1.73. The van der Waals surface area contributed by atoms with Crippen LogP contribution >= 0.6 is 0 Å². The average Bonchev–Trinajstić information content (AvgIpc) is 2.78. The predicted molar refractivity (Wildman–Crippen MR) is 114 cm³/mol. The second-order valence-electron chi connectivity index (χ2n) is 6.78. The SMILES string of the molecule is O=C(c1ccc(-c2ccccc2)c(O)c1O)c1ccc(-c2ccccc2)c(O)c1O. The number of aromatic hydroxyl groups is 4. The van der Waals surface area contributed by atoms with Gasteiger partial charge >= 0.3 is 0 Å². The summed E-state index contributed by atoms with van der Waals surface area (Å²) in [4.78, 5) is 12.9. The van der Waals surface area contributed by atoms with E-state index >= 15 is 0 Å². The average molecular weight is 398 g/mol. The normalized spacial score (nSPS) is 10.7. The zero-order chi connectivity index (χ0) is 21.3. The summed E-state index contributed by atoms with van der Waals surface area (Å²) in [5, 5.41) is 41.8.